The molecule has 194 valence electrons. The third-order valence-corrected chi connectivity index (χ3v) is 7.75. The van der Waals surface area contributed by atoms with Crippen molar-refractivity contribution in [3.63, 3.8) is 0 Å². The van der Waals surface area contributed by atoms with Crippen LogP contribution in [0.25, 0.3) is 0 Å². The normalized spacial score (nSPS) is 41.9. The fourth-order valence-electron chi connectivity index (χ4n) is 6.72. The van der Waals surface area contributed by atoms with Crippen LogP contribution in [0.2, 0.25) is 0 Å². The van der Waals surface area contributed by atoms with Crippen molar-refractivity contribution in [1.29, 1.82) is 0 Å². The molecule has 9 nitrogen and oxygen atoms in total. The van der Waals surface area contributed by atoms with E-state index in [1.54, 1.807) is 20.8 Å². The smallest absolute Gasteiger partial charge is 0.407 e. The summed E-state index contributed by atoms with van der Waals surface area (Å²) in [6.07, 6.45) is 5.29. The summed E-state index contributed by atoms with van der Waals surface area (Å²) in [7, 11) is 0. The quantitative estimate of drug-likeness (QED) is 0.525. The molecule has 2 amide bonds. The van der Waals surface area contributed by atoms with Gasteiger partial charge in [-0.05, 0) is 65.2 Å². The topological polar surface area (TPSA) is 115 Å². The van der Waals surface area contributed by atoms with Crippen molar-refractivity contribution >= 4 is 12.0 Å². The van der Waals surface area contributed by atoms with Crippen LogP contribution in [0.5, 0.6) is 0 Å². The number of rotatable bonds is 4. The average molecular weight is 483 g/mol. The maximum Gasteiger partial charge on any atom is 0.407 e. The van der Waals surface area contributed by atoms with E-state index in [2.05, 4.69) is 24.5 Å². The number of alkyl carbamates (subject to hydrolysis) is 1. The molecule has 0 aromatic carbocycles. The number of hydrogen-bond donors (Lipinski definition) is 3. The molecule has 7 atom stereocenters. The summed E-state index contributed by atoms with van der Waals surface area (Å²) in [6, 6.07) is 0. The predicted molar refractivity (Wildman–Crippen MR) is 123 cm³/mol. The van der Waals surface area contributed by atoms with E-state index in [-0.39, 0.29) is 36.2 Å². The standard InChI is InChI=1S/C25H42N2O7/c1-16-11-18-14-23(12-16,27-20(29)8-10-26-21(30)31-22(3,4)5)13-17(2)25(18)32-24(33-34-25)9-6-7-19(28)15-24/h16-19,28H,6-15H2,1-5H3,(H,26,30)(H,27,29). The lowest BCUT2D eigenvalue weighted by Gasteiger charge is -2.56. The highest BCUT2D eigenvalue weighted by Crippen LogP contribution is 2.59. The first-order chi connectivity index (χ1) is 15.8. The first kappa shape index (κ1) is 25.7. The van der Waals surface area contributed by atoms with Gasteiger partial charge in [-0.1, -0.05) is 13.8 Å². The van der Waals surface area contributed by atoms with Crippen LogP contribution in [0, 0.1) is 17.8 Å². The van der Waals surface area contributed by atoms with Crippen LogP contribution >= 0.6 is 0 Å². The summed E-state index contributed by atoms with van der Waals surface area (Å²) in [5, 5.41) is 16.2. The Morgan fingerprint density at radius 3 is 2.59 bits per heavy atom. The molecule has 3 N–H and O–H groups in total. The summed E-state index contributed by atoms with van der Waals surface area (Å²) in [5.41, 5.74) is -0.903. The van der Waals surface area contributed by atoms with Gasteiger partial charge < -0.3 is 25.2 Å². The number of aliphatic hydroxyl groups is 1. The van der Waals surface area contributed by atoms with Crippen LogP contribution in [0.15, 0.2) is 0 Å². The number of aliphatic hydroxyl groups excluding tert-OH is 1. The van der Waals surface area contributed by atoms with Crippen LogP contribution < -0.4 is 10.6 Å². The summed E-state index contributed by atoms with van der Waals surface area (Å²) in [4.78, 5) is 36.6. The van der Waals surface area contributed by atoms with Gasteiger partial charge in [-0.2, -0.15) is 9.78 Å². The second-order valence-electron chi connectivity index (χ2n) is 12.2. The number of amides is 2. The summed E-state index contributed by atoms with van der Waals surface area (Å²) in [6.45, 7) is 9.94. The van der Waals surface area contributed by atoms with Gasteiger partial charge >= 0.3 is 6.09 Å². The third-order valence-electron chi connectivity index (χ3n) is 7.75. The highest BCUT2D eigenvalue weighted by molar-refractivity contribution is 5.78. The molecule has 1 heterocycles. The molecule has 1 aliphatic heterocycles. The zero-order valence-corrected chi connectivity index (χ0v) is 21.3. The molecule has 0 aromatic heterocycles. The van der Waals surface area contributed by atoms with Crippen molar-refractivity contribution in [2.24, 2.45) is 17.8 Å². The summed E-state index contributed by atoms with van der Waals surface area (Å²) >= 11 is 0. The number of ether oxygens (including phenoxy) is 2. The molecule has 9 heteroatoms. The number of nitrogens with one attached hydrogen (secondary N) is 2. The Morgan fingerprint density at radius 1 is 1.12 bits per heavy atom. The van der Waals surface area contributed by atoms with Gasteiger partial charge in [0.15, 0.2) is 0 Å². The molecule has 4 fully saturated rings. The van der Waals surface area contributed by atoms with Crippen molar-refractivity contribution in [2.75, 3.05) is 6.54 Å². The zero-order valence-electron chi connectivity index (χ0n) is 21.3. The number of fused-ring (bicyclic) bond motifs is 3. The molecule has 0 aromatic rings. The van der Waals surface area contributed by atoms with Crippen molar-refractivity contribution < 1.29 is 33.9 Å². The van der Waals surface area contributed by atoms with Crippen LogP contribution in [-0.2, 0) is 24.0 Å². The summed E-state index contributed by atoms with van der Waals surface area (Å²) in [5.74, 6) is -1.31. The Labute approximate surface area is 202 Å². The molecule has 7 unspecified atom stereocenters. The van der Waals surface area contributed by atoms with Gasteiger partial charge in [0.2, 0.25) is 17.5 Å². The molecule has 0 radical (unpaired) electrons. The lowest BCUT2D eigenvalue weighted by molar-refractivity contribution is -0.382. The van der Waals surface area contributed by atoms with Crippen LogP contribution in [0.1, 0.15) is 92.4 Å². The van der Waals surface area contributed by atoms with E-state index in [1.165, 1.54) is 0 Å². The highest BCUT2D eigenvalue weighted by Gasteiger charge is 2.66. The Morgan fingerprint density at radius 2 is 1.88 bits per heavy atom. The first-order valence-corrected chi connectivity index (χ1v) is 12.9. The Kier molecular flexibility index (Phi) is 6.96. The lowest BCUT2D eigenvalue weighted by Crippen LogP contribution is -2.65. The van der Waals surface area contributed by atoms with Crippen LogP contribution in [0.3, 0.4) is 0 Å². The Balaban J connectivity index is 1.38. The largest absolute Gasteiger partial charge is 0.444 e. The second-order valence-corrected chi connectivity index (χ2v) is 12.2. The fraction of sp³-hybridized carbons (Fsp3) is 0.920. The van der Waals surface area contributed by atoms with Gasteiger partial charge in [-0.15, -0.1) is 0 Å². The molecule has 4 aliphatic rings. The Bertz CT molecular complexity index is 782. The van der Waals surface area contributed by atoms with E-state index in [1.807, 2.05) is 0 Å². The van der Waals surface area contributed by atoms with Crippen molar-refractivity contribution in [1.82, 2.24) is 10.6 Å². The van der Waals surface area contributed by atoms with E-state index < -0.39 is 29.4 Å². The Hall–Kier alpha value is -1.42. The number of carbonyl (C=O) groups is 2. The van der Waals surface area contributed by atoms with E-state index >= 15 is 0 Å². The minimum atomic E-state index is -0.872. The van der Waals surface area contributed by atoms with E-state index in [4.69, 9.17) is 19.2 Å². The number of carbonyl (C=O) groups excluding carboxylic acids is 2. The molecule has 1 saturated heterocycles. The number of hydrogen-bond acceptors (Lipinski definition) is 7. The summed E-state index contributed by atoms with van der Waals surface area (Å²) < 4.78 is 11.9. The average Bonchev–Trinajstić information content (AvgIpc) is 3.04. The molecule has 34 heavy (non-hydrogen) atoms. The van der Waals surface area contributed by atoms with Gasteiger partial charge in [0, 0.05) is 43.2 Å². The predicted octanol–water partition coefficient (Wildman–Crippen LogP) is 3.54. The van der Waals surface area contributed by atoms with E-state index in [9.17, 15) is 14.7 Å². The second kappa shape index (κ2) is 9.22. The SMILES string of the molecule is CC1CC2CC(NC(=O)CCNC(=O)OC(C)(C)C)(C1)CC(C)C21OOC2(CCCC(O)C2)O1. The van der Waals surface area contributed by atoms with E-state index in [0.717, 1.165) is 38.5 Å². The zero-order chi connectivity index (χ0) is 24.8. The minimum absolute atomic E-state index is 0.0115. The molecule has 2 spiro atoms. The molecular formula is C25H42N2O7. The molecule has 3 aliphatic carbocycles. The van der Waals surface area contributed by atoms with Crippen LogP contribution in [-0.4, -0.2) is 52.5 Å². The lowest BCUT2D eigenvalue weighted by atomic mass is 9.58. The third kappa shape index (κ3) is 5.37. The van der Waals surface area contributed by atoms with Gasteiger partial charge in [0.1, 0.15) is 5.60 Å². The van der Waals surface area contributed by atoms with Crippen molar-refractivity contribution in [3.8, 4) is 0 Å². The molecular weight excluding hydrogens is 440 g/mol. The van der Waals surface area contributed by atoms with Crippen molar-refractivity contribution in [3.05, 3.63) is 0 Å². The van der Waals surface area contributed by atoms with Gasteiger partial charge in [-0.25, -0.2) is 4.79 Å². The van der Waals surface area contributed by atoms with Gasteiger partial charge in [-0.3, -0.25) is 4.79 Å². The molecule has 2 bridgehead atoms. The van der Waals surface area contributed by atoms with Gasteiger partial charge in [0.05, 0.1) is 6.10 Å². The molecule has 4 rings (SSSR count). The fourth-order valence-corrected chi connectivity index (χ4v) is 6.72. The minimum Gasteiger partial charge on any atom is -0.444 e. The highest BCUT2D eigenvalue weighted by atomic mass is 17.3. The van der Waals surface area contributed by atoms with Gasteiger partial charge in [0.25, 0.3) is 0 Å². The monoisotopic (exact) mass is 482 g/mol. The first-order valence-electron chi connectivity index (χ1n) is 12.9. The maximum atomic E-state index is 12.9. The van der Waals surface area contributed by atoms with Crippen molar-refractivity contribution in [2.45, 2.75) is 121 Å². The van der Waals surface area contributed by atoms with Crippen LogP contribution in [0.4, 0.5) is 4.79 Å². The molecule has 3 saturated carbocycles. The maximum absolute atomic E-state index is 12.9. The van der Waals surface area contributed by atoms with E-state index in [0.29, 0.717) is 18.8 Å².